The summed E-state index contributed by atoms with van der Waals surface area (Å²) in [4.78, 5) is 17.7. The number of carbonyl (C=O) groups is 1. The van der Waals surface area contributed by atoms with Crippen LogP contribution in [0.15, 0.2) is 35.3 Å². The predicted molar refractivity (Wildman–Crippen MR) is 103 cm³/mol. The summed E-state index contributed by atoms with van der Waals surface area (Å²) in [6.45, 7) is 5.26. The molecule has 2 N–H and O–H groups in total. The van der Waals surface area contributed by atoms with Gasteiger partial charge in [0.2, 0.25) is 5.91 Å². The lowest BCUT2D eigenvalue weighted by molar-refractivity contribution is -0.127. The SMILES string of the molecule is CCOCCCCNC(=NCC(=O)N(C)C)NCCc1ccccc1. The van der Waals surface area contributed by atoms with Crippen LogP contribution in [-0.4, -0.2) is 63.7 Å². The van der Waals surface area contributed by atoms with Crippen molar-refractivity contribution in [2.75, 3.05) is 46.9 Å². The van der Waals surface area contributed by atoms with Crippen LogP contribution in [-0.2, 0) is 16.0 Å². The lowest BCUT2D eigenvalue weighted by atomic mass is 10.1. The molecule has 0 saturated carbocycles. The summed E-state index contributed by atoms with van der Waals surface area (Å²) in [6, 6.07) is 10.3. The molecule has 0 unspecified atom stereocenters. The van der Waals surface area contributed by atoms with Gasteiger partial charge >= 0.3 is 0 Å². The second-order valence-corrected chi connectivity index (χ2v) is 5.95. The maximum atomic E-state index is 11.7. The van der Waals surface area contributed by atoms with Crippen LogP contribution in [0.5, 0.6) is 0 Å². The van der Waals surface area contributed by atoms with Crippen molar-refractivity contribution in [2.24, 2.45) is 4.99 Å². The van der Waals surface area contributed by atoms with Crippen molar-refractivity contribution in [1.82, 2.24) is 15.5 Å². The number of likely N-dealkylation sites (N-methyl/N-ethyl adjacent to an activating group) is 1. The van der Waals surface area contributed by atoms with Crippen molar-refractivity contribution in [3.63, 3.8) is 0 Å². The van der Waals surface area contributed by atoms with E-state index in [0.717, 1.165) is 45.6 Å². The van der Waals surface area contributed by atoms with Crippen molar-refractivity contribution in [2.45, 2.75) is 26.2 Å². The summed E-state index contributed by atoms with van der Waals surface area (Å²) in [5.74, 6) is 0.669. The molecule has 1 rings (SSSR count). The molecule has 140 valence electrons. The molecular weight excluding hydrogens is 316 g/mol. The van der Waals surface area contributed by atoms with E-state index in [1.165, 1.54) is 5.56 Å². The van der Waals surface area contributed by atoms with Gasteiger partial charge in [-0.1, -0.05) is 30.3 Å². The van der Waals surface area contributed by atoms with E-state index >= 15 is 0 Å². The van der Waals surface area contributed by atoms with E-state index in [9.17, 15) is 4.79 Å². The summed E-state index contributed by atoms with van der Waals surface area (Å²) >= 11 is 0. The average molecular weight is 348 g/mol. The molecule has 25 heavy (non-hydrogen) atoms. The molecule has 1 aromatic carbocycles. The van der Waals surface area contributed by atoms with Crippen LogP contribution < -0.4 is 10.6 Å². The van der Waals surface area contributed by atoms with Gasteiger partial charge in [0.15, 0.2) is 5.96 Å². The number of guanidine groups is 1. The quantitative estimate of drug-likeness (QED) is 0.363. The Morgan fingerprint density at radius 3 is 2.52 bits per heavy atom. The number of ether oxygens (including phenoxy) is 1. The van der Waals surface area contributed by atoms with Crippen LogP contribution in [0.2, 0.25) is 0 Å². The van der Waals surface area contributed by atoms with Gasteiger partial charge in [-0.05, 0) is 31.7 Å². The van der Waals surface area contributed by atoms with Gasteiger partial charge in [-0.15, -0.1) is 0 Å². The van der Waals surface area contributed by atoms with E-state index in [0.29, 0.717) is 5.96 Å². The molecule has 0 saturated heterocycles. The van der Waals surface area contributed by atoms with E-state index in [1.807, 2.05) is 25.1 Å². The Morgan fingerprint density at radius 2 is 1.84 bits per heavy atom. The van der Waals surface area contributed by atoms with E-state index in [1.54, 1.807) is 19.0 Å². The van der Waals surface area contributed by atoms with Gasteiger partial charge in [0.25, 0.3) is 0 Å². The van der Waals surface area contributed by atoms with Gasteiger partial charge in [-0.2, -0.15) is 0 Å². The number of benzene rings is 1. The summed E-state index contributed by atoms with van der Waals surface area (Å²) < 4.78 is 5.34. The molecule has 1 amide bonds. The maximum absolute atomic E-state index is 11.7. The zero-order valence-electron chi connectivity index (χ0n) is 15.8. The molecule has 6 nitrogen and oxygen atoms in total. The standard InChI is InChI=1S/C19H32N4O2/c1-4-25-15-9-8-13-20-19(22-16-18(24)23(2)3)21-14-12-17-10-6-5-7-11-17/h5-7,10-11H,4,8-9,12-16H2,1-3H3,(H2,20,21,22). The van der Waals surface area contributed by atoms with Gasteiger partial charge in [-0.3, -0.25) is 4.79 Å². The molecule has 0 aliphatic rings. The average Bonchev–Trinajstić information content (AvgIpc) is 2.62. The lowest BCUT2D eigenvalue weighted by Crippen LogP contribution is -2.40. The summed E-state index contributed by atoms with van der Waals surface area (Å²) in [7, 11) is 3.48. The van der Waals surface area contributed by atoms with Gasteiger partial charge in [0.1, 0.15) is 6.54 Å². The Bertz CT molecular complexity index is 503. The fraction of sp³-hybridized carbons (Fsp3) is 0.579. The second kappa shape index (κ2) is 13.2. The number of hydrogen-bond donors (Lipinski definition) is 2. The molecule has 0 fully saturated rings. The molecule has 1 aromatic rings. The maximum Gasteiger partial charge on any atom is 0.243 e. The molecule has 0 aliphatic carbocycles. The van der Waals surface area contributed by atoms with Crippen molar-refractivity contribution in [1.29, 1.82) is 0 Å². The summed E-state index contributed by atoms with van der Waals surface area (Å²) in [6.07, 6.45) is 2.92. The third-order valence-corrected chi connectivity index (χ3v) is 3.63. The van der Waals surface area contributed by atoms with Crippen LogP contribution in [0, 0.1) is 0 Å². The fourth-order valence-corrected chi connectivity index (χ4v) is 2.11. The minimum absolute atomic E-state index is 0.0134. The molecule has 0 aromatic heterocycles. The van der Waals surface area contributed by atoms with E-state index < -0.39 is 0 Å². The highest BCUT2D eigenvalue weighted by molar-refractivity contribution is 5.84. The fourth-order valence-electron chi connectivity index (χ4n) is 2.11. The summed E-state index contributed by atoms with van der Waals surface area (Å²) in [5, 5.41) is 6.59. The molecule has 0 spiro atoms. The first kappa shape index (κ1) is 21.0. The minimum Gasteiger partial charge on any atom is -0.382 e. The van der Waals surface area contributed by atoms with Crippen LogP contribution in [0.4, 0.5) is 0 Å². The van der Waals surface area contributed by atoms with E-state index in [4.69, 9.17) is 4.74 Å². The van der Waals surface area contributed by atoms with Crippen molar-refractivity contribution >= 4 is 11.9 Å². The van der Waals surface area contributed by atoms with Gasteiger partial charge in [-0.25, -0.2) is 4.99 Å². The van der Waals surface area contributed by atoms with Crippen molar-refractivity contribution in [3.8, 4) is 0 Å². The Balaban J connectivity index is 2.40. The third kappa shape index (κ3) is 10.4. The first-order valence-corrected chi connectivity index (χ1v) is 8.97. The largest absolute Gasteiger partial charge is 0.382 e. The Hall–Kier alpha value is -2.08. The van der Waals surface area contributed by atoms with Gasteiger partial charge in [0, 0.05) is 40.4 Å². The molecule has 0 heterocycles. The van der Waals surface area contributed by atoms with Crippen LogP contribution in [0.3, 0.4) is 0 Å². The summed E-state index contributed by atoms with van der Waals surface area (Å²) in [5.41, 5.74) is 1.27. The van der Waals surface area contributed by atoms with E-state index in [-0.39, 0.29) is 12.5 Å². The zero-order chi connectivity index (χ0) is 18.3. The monoisotopic (exact) mass is 348 g/mol. The number of aliphatic imine (C=N–C) groups is 1. The first-order chi connectivity index (χ1) is 12.1. The normalized spacial score (nSPS) is 11.2. The topological polar surface area (TPSA) is 66.0 Å². The number of hydrogen-bond acceptors (Lipinski definition) is 3. The highest BCUT2D eigenvalue weighted by Crippen LogP contribution is 1.98. The number of amides is 1. The molecule has 6 heteroatoms. The zero-order valence-corrected chi connectivity index (χ0v) is 15.8. The molecule has 0 radical (unpaired) electrons. The Morgan fingerprint density at radius 1 is 1.12 bits per heavy atom. The van der Waals surface area contributed by atoms with Crippen LogP contribution >= 0.6 is 0 Å². The Kier molecular flexibility index (Phi) is 11.1. The number of carbonyl (C=O) groups excluding carboxylic acids is 1. The van der Waals surface area contributed by atoms with Crippen LogP contribution in [0.25, 0.3) is 0 Å². The highest BCUT2D eigenvalue weighted by Gasteiger charge is 2.04. The van der Waals surface area contributed by atoms with Crippen LogP contribution in [0.1, 0.15) is 25.3 Å². The molecule has 0 aliphatic heterocycles. The van der Waals surface area contributed by atoms with Gasteiger partial charge < -0.3 is 20.3 Å². The first-order valence-electron chi connectivity index (χ1n) is 8.97. The smallest absolute Gasteiger partial charge is 0.243 e. The second-order valence-electron chi connectivity index (χ2n) is 5.95. The lowest BCUT2D eigenvalue weighted by Gasteiger charge is -2.14. The molecule has 0 bridgehead atoms. The number of nitrogens with zero attached hydrogens (tertiary/aromatic N) is 2. The number of rotatable bonds is 11. The predicted octanol–water partition coefficient (Wildman–Crippen LogP) is 1.67. The Labute approximate surface area is 151 Å². The number of nitrogens with one attached hydrogen (secondary N) is 2. The minimum atomic E-state index is -0.0134. The molecule has 0 atom stereocenters. The van der Waals surface area contributed by atoms with Gasteiger partial charge in [0.05, 0.1) is 0 Å². The molecular formula is C19H32N4O2. The number of unbranched alkanes of at least 4 members (excludes halogenated alkanes) is 1. The third-order valence-electron chi connectivity index (χ3n) is 3.63. The van der Waals surface area contributed by atoms with E-state index in [2.05, 4.69) is 27.8 Å². The van der Waals surface area contributed by atoms with Crippen molar-refractivity contribution < 1.29 is 9.53 Å². The highest BCUT2D eigenvalue weighted by atomic mass is 16.5. The van der Waals surface area contributed by atoms with Crippen molar-refractivity contribution in [3.05, 3.63) is 35.9 Å².